The molecule has 0 radical (unpaired) electrons. The van der Waals surface area contributed by atoms with Crippen LogP contribution < -0.4 is 32.5 Å². The van der Waals surface area contributed by atoms with Crippen LogP contribution in [0.1, 0.15) is 0 Å². The zero-order valence-electron chi connectivity index (χ0n) is 14.8. The zero-order chi connectivity index (χ0) is 19.2. The summed E-state index contributed by atoms with van der Waals surface area (Å²) in [5, 5.41) is 0. The van der Waals surface area contributed by atoms with Crippen LogP contribution in [0.15, 0.2) is 22.2 Å². The Kier molecular flexibility index (Phi) is 5.50. The maximum Gasteiger partial charge on any atom is 2.00 e. The minimum atomic E-state index is -0.328. The standard InChI is InChI=1S/2C7H8N4O2.Pt/c2*1-10-5-4(8-3-9-5)6(12)11(2)7(10)13;/h2*3H,1-2H3,(H,8,9,12);/q;;+2. The molecule has 0 amide bonds. The van der Waals surface area contributed by atoms with Crippen molar-refractivity contribution in [2.45, 2.75) is 0 Å². The minimum absolute atomic E-state index is 0. The zero-order valence-corrected chi connectivity index (χ0v) is 17.0. The maximum absolute atomic E-state index is 11.4. The first-order valence-corrected chi connectivity index (χ1v) is 7.36. The molecule has 4 heterocycles. The number of nitrogens with zero attached hydrogens (tertiary/aromatic N) is 8. The molecule has 144 valence electrons. The van der Waals surface area contributed by atoms with Gasteiger partial charge < -0.3 is 19.9 Å². The fourth-order valence-corrected chi connectivity index (χ4v) is 2.46. The Morgan fingerprint density at radius 1 is 0.741 bits per heavy atom. The Balaban J connectivity index is 0.000000187. The number of imidazole rings is 2. The summed E-state index contributed by atoms with van der Waals surface area (Å²) in [7, 11) is 6.12. The Labute approximate surface area is 164 Å². The van der Waals surface area contributed by atoms with Crippen LogP contribution in [0, 0.1) is 0 Å². The monoisotopic (exact) mass is 555 g/mol. The molecule has 0 fully saturated rings. The van der Waals surface area contributed by atoms with Crippen LogP contribution in [-0.2, 0) is 49.3 Å². The normalized spacial score (nSPS) is 10.5. The van der Waals surface area contributed by atoms with Gasteiger partial charge in [0.2, 0.25) is 0 Å². The van der Waals surface area contributed by atoms with Crippen LogP contribution in [0.2, 0.25) is 0 Å². The second-order valence-corrected chi connectivity index (χ2v) is 5.54. The average molecular weight is 555 g/mol. The molecule has 0 aliphatic carbocycles. The number of fused-ring (bicyclic) bond motifs is 2. The summed E-state index contributed by atoms with van der Waals surface area (Å²) >= 11 is 0. The van der Waals surface area contributed by atoms with E-state index in [1.807, 2.05) is 0 Å². The molecule has 4 rings (SSSR count). The third-order valence-electron chi connectivity index (χ3n) is 4.00. The van der Waals surface area contributed by atoms with Gasteiger partial charge in [-0.25, -0.2) is 18.7 Å². The first kappa shape index (κ1) is 20.3. The number of hydrogen-bond acceptors (Lipinski definition) is 4. The SMILES string of the molecule is Cn1c(=[OH+])c2[n-]cnc2n(C)c1=O.Cn1c(=[OH+])c2[n-]cnc2n(C)c1=O.[Pt+2]. The van der Waals surface area contributed by atoms with E-state index in [9.17, 15) is 19.2 Å². The molecule has 4 aromatic rings. The van der Waals surface area contributed by atoms with Gasteiger partial charge in [0.1, 0.15) is 11.0 Å². The van der Waals surface area contributed by atoms with E-state index in [1.54, 1.807) is 14.1 Å². The van der Waals surface area contributed by atoms with Gasteiger partial charge in [-0.2, -0.15) is 0 Å². The van der Waals surface area contributed by atoms with E-state index in [2.05, 4.69) is 19.9 Å². The molecule has 2 N–H and O–H groups in total. The van der Waals surface area contributed by atoms with Crippen LogP contribution in [0.5, 0.6) is 0 Å². The Morgan fingerprint density at radius 2 is 1.07 bits per heavy atom. The van der Waals surface area contributed by atoms with E-state index in [1.165, 1.54) is 35.9 Å². The molecule has 0 aliphatic heterocycles. The Bertz CT molecular complexity index is 1260. The molecule has 12 nitrogen and oxygen atoms in total. The molecule has 0 spiro atoms. The smallest absolute Gasteiger partial charge is 0.432 e. The van der Waals surface area contributed by atoms with Crippen molar-refractivity contribution in [3.05, 3.63) is 44.7 Å². The number of rotatable bonds is 0. The molecule has 4 aromatic heterocycles. The van der Waals surface area contributed by atoms with Crippen LogP contribution in [-0.4, -0.2) is 37.8 Å². The first-order valence-electron chi connectivity index (χ1n) is 7.36. The van der Waals surface area contributed by atoms with E-state index in [-0.39, 0.29) is 43.6 Å². The van der Waals surface area contributed by atoms with Crippen molar-refractivity contribution in [2.24, 2.45) is 28.2 Å². The van der Waals surface area contributed by atoms with Gasteiger partial charge >= 0.3 is 43.6 Å². The molecular weight excluding hydrogens is 539 g/mol. The average Bonchev–Trinajstić information content (AvgIpc) is 3.31. The van der Waals surface area contributed by atoms with Crippen molar-refractivity contribution in [1.29, 1.82) is 0 Å². The second kappa shape index (κ2) is 7.31. The largest absolute Gasteiger partial charge is 2.00 e. The third-order valence-corrected chi connectivity index (χ3v) is 4.00. The third kappa shape index (κ3) is 3.12. The van der Waals surface area contributed by atoms with Crippen molar-refractivity contribution in [3.63, 3.8) is 0 Å². The van der Waals surface area contributed by atoms with Gasteiger partial charge in [0.25, 0.3) is 0 Å². The van der Waals surface area contributed by atoms with Crippen LogP contribution in [0.3, 0.4) is 0 Å². The van der Waals surface area contributed by atoms with Crippen LogP contribution in [0.25, 0.3) is 22.3 Å². The molecule has 0 saturated carbocycles. The molecule has 0 atom stereocenters. The van der Waals surface area contributed by atoms with Crippen molar-refractivity contribution >= 4 is 22.3 Å². The predicted octanol–water partition coefficient (Wildman–Crippen LogP) is -3.53. The predicted molar refractivity (Wildman–Crippen MR) is 88.7 cm³/mol. The molecule has 0 saturated heterocycles. The Hall–Kier alpha value is -3.01. The van der Waals surface area contributed by atoms with Crippen molar-refractivity contribution < 1.29 is 30.7 Å². The van der Waals surface area contributed by atoms with E-state index < -0.39 is 0 Å². The van der Waals surface area contributed by atoms with Crippen LogP contribution in [0.4, 0.5) is 0 Å². The molecule has 0 aromatic carbocycles. The number of hydrogen-bond donors (Lipinski definition) is 0. The summed E-state index contributed by atoms with van der Waals surface area (Å²) in [6.07, 6.45) is 2.62. The molecule has 13 heteroatoms. The fraction of sp³-hybridized carbons (Fsp3) is 0.286. The summed E-state index contributed by atoms with van der Waals surface area (Å²) in [4.78, 5) is 57.2. The van der Waals surface area contributed by atoms with Gasteiger partial charge in [0, 0.05) is 39.5 Å². The molecule has 0 unspecified atom stereocenters. The van der Waals surface area contributed by atoms with Gasteiger partial charge in [-0.1, -0.05) is 12.7 Å². The fourth-order valence-electron chi connectivity index (χ4n) is 2.46. The van der Waals surface area contributed by atoms with Gasteiger partial charge in [-0.3, -0.25) is 18.7 Å². The van der Waals surface area contributed by atoms with Crippen molar-refractivity contribution in [3.8, 4) is 0 Å². The van der Waals surface area contributed by atoms with Crippen LogP contribution >= 0.6 is 0 Å². The van der Waals surface area contributed by atoms with E-state index in [0.29, 0.717) is 22.3 Å². The summed E-state index contributed by atoms with van der Waals surface area (Å²) < 4.78 is 4.91. The first-order chi connectivity index (χ1) is 12.3. The summed E-state index contributed by atoms with van der Waals surface area (Å²) in [5.74, 6) is 0. The van der Waals surface area contributed by atoms with Crippen molar-refractivity contribution in [1.82, 2.24) is 38.2 Å². The Morgan fingerprint density at radius 3 is 1.41 bits per heavy atom. The summed E-state index contributed by atoms with van der Waals surface area (Å²) in [5.41, 5.74) is 0.484. The van der Waals surface area contributed by atoms with Gasteiger partial charge in [0.15, 0.2) is 0 Å². The van der Waals surface area contributed by atoms with Gasteiger partial charge in [0.05, 0.1) is 0 Å². The topological polar surface area (TPSA) is 151 Å². The van der Waals surface area contributed by atoms with E-state index in [0.717, 1.165) is 9.13 Å². The maximum atomic E-state index is 11.4. The van der Waals surface area contributed by atoms with Gasteiger partial charge in [-0.15, -0.1) is 0 Å². The van der Waals surface area contributed by atoms with E-state index in [4.69, 9.17) is 0 Å². The quantitative estimate of drug-likeness (QED) is 0.205. The minimum Gasteiger partial charge on any atom is -0.432 e. The molecule has 27 heavy (non-hydrogen) atoms. The van der Waals surface area contributed by atoms with Gasteiger partial charge in [-0.05, 0) is 0 Å². The van der Waals surface area contributed by atoms with Crippen molar-refractivity contribution in [2.75, 3.05) is 0 Å². The summed E-state index contributed by atoms with van der Waals surface area (Å²) in [6, 6.07) is 0. The number of aryl methyl sites for hydroxylation is 2. The second-order valence-electron chi connectivity index (χ2n) is 5.54. The molecule has 0 aliphatic rings. The van der Waals surface area contributed by atoms with E-state index >= 15 is 0 Å². The summed E-state index contributed by atoms with van der Waals surface area (Å²) in [6.45, 7) is 0. The molecular formula is C14H16N8O4Pt+2. The number of aromatic nitrogens is 8. The molecule has 0 bridgehead atoms.